The summed E-state index contributed by atoms with van der Waals surface area (Å²) in [5.74, 6) is 0.410. The number of carbonyl (C=O) groups excluding carboxylic acids is 2. The Morgan fingerprint density at radius 1 is 1.26 bits per heavy atom. The Kier molecular flexibility index (Phi) is 6.08. The van der Waals surface area contributed by atoms with Crippen LogP contribution in [0.2, 0.25) is 0 Å². The van der Waals surface area contributed by atoms with Crippen LogP contribution < -0.4 is 10.1 Å². The van der Waals surface area contributed by atoms with E-state index in [0.717, 1.165) is 12.0 Å². The Hall–Kier alpha value is -2.86. The number of nitrogens with zero attached hydrogens (tertiary/aromatic N) is 1. The van der Waals surface area contributed by atoms with E-state index >= 15 is 0 Å². The highest BCUT2D eigenvalue weighted by Gasteiger charge is 2.27. The summed E-state index contributed by atoms with van der Waals surface area (Å²) in [6.07, 6.45) is 0.231. The van der Waals surface area contributed by atoms with Crippen molar-refractivity contribution in [3.8, 4) is 5.75 Å². The van der Waals surface area contributed by atoms with Gasteiger partial charge in [-0.2, -0.15) is 0 Å². The average Bonchev–Trinajstić information content (AvgIpc) is 2.78. The molecule has 6 heteroatoms. The van der Waals surface area contributed by atoms with Gasteiger partial charge in [0.15, 0.2) is 6.10 Å². The van der Waals surface area contributed by atoms with Crippen LogP contribution in [0.15, 0.2) is 48.5 Å². The fourth-order valence-electron chi connectivity index (χ4n) is 3.10. The maximum Gasteiger partial charge on any atom is 0.263 e. The van der Waals surface area contributed by atoms with E-state index in [1.807, 2.05) is 29.2 Å². The Balaban J connectivity index is 1.76. The van der Waals surface area contributed by atoms with Crippen LogP contribution in [0.1, 0.15) is 18.1 Å². The smallest absolute Gasteiger partial charge is 0.263 e. The van der Waals surface area contributed by atoms with Gasteiger partial charge in [-0.3, -0.25) is 9.59 Å². The molecule has 2 aromatic carbocycles. The summed E-state index contributed by atoms with van der Waals surface area (Å²) in [4.78, 5) is 26.3. The van der Waals surface area contributed by atoms with Gasteiger partial charge in [-0.1, -0.05) is 30.3 Å². The van der Waals surface area contributed by atoms with Gasteiger partial charge in [0.25, 0.3) is 5.91 Å². The third kappa shape index (κ3) is 4.86. The molecule has 2 aromatic rings. The monoisotopic (exact) mass is 368 g/mol. The number of anilines is 1. The number of hydrogen-bond acceptors (Lipinski definition) is 4. The summed E-state index contributed by atoms with van der Waals surface area (Å²) in [6, 6.07) is 15.5. The fraction of sp³-hybridized carbons (Fsp3) is 0.333. The van der Waals surface area contributed by atoms with Crippen LogP contribution in [-0.4, -0.2) is 43.1 Å². The normalized spacial score (nSPS) is 16.3. The molecule has 6 nitrogen and oxygen atoms in total. The molecule has 3 rings (SSSR count). The van der Waals surface area contributed by atoms with Crippen molar-refractivity contribution in [2.45, 2.75) is 26.0 Å². The molecule has 0 saturated carbocycles. The highest BCUT2D eigenvalue weighted by atomic mass is 16.5. The molecule has 142 valence electrons. The first-order chi connectivity index (χ1) is 13.1. The summed E-state index contributed by atoms with van der Waals surface area (Å²) in [7, 11) is 1.47. The molecular weight excluding hydrogens is 344 g/mol. The van der Waals surface area contributed by atoms with E-state index in [1.54, 1.807) is 19.1 Å². The van der Waals surface area contributed by atoms with Crippen LogP contribution >= 0.6 is 0 Å². The number of rotatable bonds is 6. The molecule has 27 heavy (non-hydrogen) atoms. The predicted octanol–water partition coefficient (Wildman–Crippen LogP) is 2.62. The Morgan fingerprint density at radius 3 is 2.78 bits per heavy atom. The number of fused-ring (bicyclic) bond motifs is 1. The SMILES string of the molecule is COCC(=O)Nc1ccc2c(c1)CN(CCc1ccccc1)C(=O)[C@H](C)O2. The lowest BCUT2D eigenvalue weighted by Crippen LogP contribution is -2.39. The highest BCUT2D eigenvalue weighted by molar-refractivity contribution is 5.92. The summed E-state index contributed by atoms with van der Waals surface area (Å²) < 4.78 is 10.7. The van der Waals surface area contributed by atoms with Crippen LogP contribution in [0.4, 0.5) is 5.69 Å². The van der Waals surface area contributed by atoms with Gasteiger partial charge in [0.05, 0.1) is 0 Å². The number of benzene rings is 2. The molecule has 0 aromatic heterocycles. The van der Waals surface area contributed by atoms with Crippen molar-refractivity contribution < 1.29 is 19.1 Å². The van der Waals surface area contributed by atoms with Crippen LogP contribution in [0, 0.1) is 0 Å². The zero-order valence-electron chi connectivity index (χ0n) is 15.6. The summed E-state index contributed by atoms with van der Waals surface area (Å²) in [5.41, 5.74) is 2.71. The summed E-state index contributed by atoms with van der Waals surface area (Å²) in [5, 5.41) is 2.79. The lowest BCUT2D eigenvalue weighted by molar-refractivity contribution is -0.137. The van der Waals surface area contributed by atoms with Gasteiger partial charge >= 0.3 is 0 Å². The second-order valence-electron chi connectivity index (χ2n) is 6.56. The number of amides is 2. The molecule has 0 saturated heterocycles. The van der Waals surface area contributed by atoms with Crippen LogP contribution in [0.25, 0.3) is 0 Å². The molecule has 1 aliphatic rings. The fourth-order valence-corrected chi connectivity index (χ4v) is 3.10. The molecule has 1 N–H and O–H groups in total. The van der Waals surface area contributed by atoms with Crippen molar-refractivity contribution in [1.29, 1.82) is 0 Å². The minimum absolute atomic E-state index is 0.00763. The van der Waals surface area contributed by atoms with E-state index < -0.39 is 6.10 Å². The van der Waals surface area contributed by atoms with Crippen LogP contribution in [0.3, 0.4) is 0 Å². The number of nitrogens with one attached hydrogen (secondary N) is 1. The number of hydrogen-bond donors (Lipinski definition) is 1. The van der Waals surface area contributed by atoms with Crippen molar-refractivity contribution in [3.05, 3.63) is 59.7 Å². The van der Waals surface area contributed by atoms with Crippen molar-refractivity contribution >= 4 is 17.5 Å². The topological polar surface area (TPSA) is 67.9 Å². The largest absolute Gasteiger partial charge is 0.481 e. The van der Waals surface area contributed by atoms with Gasteiger partial charge in [0.1, 0.15) is 12.4 Å². The lowest BCUT2D eigenvalue weighted by Gasteiger charge is -2.22. The second-order valence-corrected chi connectivity index (χ2v) is 6.56. The quantitative estimate of drug-likeness (QED) is 0.851. The maximum atomic E-state index is 12.7. The zero-order valence-corrected chi connectivity index (χ0v) is 15.6. The van der Waals surface area contributed by atoms with Crippen LogP contribution in [-0.2, 0) is 27.3 Å². The van der Waals surface area contributed by atoms with Crippen molar-refractivity contribution in [3.63, 3.8) is 0 Å². The van der Waals surface area contributed by atoms with E-state index in [9.17, 15) is 9.59 Å². The minimum Gasteiger partial charge on any atom is -0.481 e. The highest BCUT2D eigenvalue weighted by Crippen LogP contribution is 2.28. The van der Waals surface area contributed by atoms with Crippen LogP contribution in [0.5, 0.6) is 5.75 Å². The van der Waals surface area contributed by atoms with E-state index in [2.05, 4.69) is 17.4 Å². The molecule has 1 aliphatic heterocycles. The second kappa shape index (κ2) is 8.68. The number of methoxy groups -OCH3 is 1. The molecule has 1 atom stereocenters. The van der Waals surface area contributed by atoms with Gasteiger partial charge in [0.2, 0.25) is 5.91 Å². The summed E-state index contributed by atoms with van der Waals surface area (Å²) in [6.45, 7) is 2.81. The van der Waals surface area contributed by atoms with Gasteiger partial charge in [-0.05, 0) is 37.1 Å². The molecule has 0 fully saturated rings. The zero-order chi connectivity index (χ0) is 19.2. The van der Waals surface area contributed by atoms with Gasteiger partial charge in [0, 0.05) is 31.5 Å². The van der Waals surface area contributed by atoms with E-state index in [0.29, 0.717) is 24.5 Å². The molecule has 0 radical (unpaired) electrons. The molecule has 0 spiro atoms. The van der Waals surface area contributed by atoms with Crippen molar-refractivity contribution in [1.82, 2.24) is 4.90 Å². The number of carbonyl (C=O) groups is 2. The van der Waals surface area contributed by atoms with E-state index in [1.165, 1.54) is 12.7 Å². The first-order valence-corrected chi connectivity index (χ1v) is 8.98. The van der Waals surface area contributed by atoms with Crippen molar-refractivity contribution in [2.24, 2.45) is 0 Å². The standard InChI is InChI=1S/C21H24N2O4/c1-15-21(25)23(11-10-16-6-4-3-5-7-16)13-17-12-18(8-9-19(17)27-15)22-20(24)14-26-2/h3-9,12,15H,10-11,13-14H2,1-2H3,(H,22,24)/t15-/m0/s1. The van der Waals surface area contributed by atoms with Gasteiger partial charge in [-0.15, -0.1) is 0 Å². The first-order valence-electron chi connectivity index (χ1n) is 8.98. The lowest BCUT2D eigenvalue weighted by atomic mass is 10.1. The maximum absolute atomic E-state index is 12.7. The molecule has 1 heterocycles. The van der Waals surface area contributed by atoms with E-state index in [4.69, 9.17) is 9.47 Å². The average molecular weight is 368 g/mol. The third-order valence-electron chi connectivity index (χ3n) is 4.46. The number of ether oxygens (including phenoxy) is 2. The first kappa shape index (κ1) is 18.9. The Labute approximate surface area is 159 Å². The predicted molar refractivity (Wildman–Crippen MR) is 103 cm³/mol. The molecule has 0 aliphatic carbocycles. The van der Waals surface area contributed by atoms with Gasteiger partial charge < -0.3 is 19.7 Å². The summed E-state index contributed by atoms with van der Waals surface area (Å²) >= 11 is 0. The van der Waals surface area contributed by atoms with Gasteiger partial charge in [-0.25, -0.2) is 0 Å². The third-order valence-corrected chi connectivity index (χ3v) is 4.46. The molecule has 0 bridgehead atoms. The minimum atomic E-state index is -0.545. The molecule has 2 amide bonds. The Morgan fingerprint density at radius 2 is 2.04 bits per heavy atom. The molecular formula is C21H24N2O4. The van der Waals surface area contributed by atoms with E-state index in [-0.39, 0.29) is 18.4 Å². The van der Waals surface area contributed by atoms with Crippen molar-refractivity contribution in [2.75, 3.05) is 25.6 Å². The Bertz CT molecular complexity index is 807. The molecule has 0 unspecified atom stereocenters.